The number of carbonyl (C=O) groups excluding carboxylic acids is 3. The SMILES string of the molecule is COC(=O)/C=C(/Nc1ccc(N2CCN(C(=O)c3ccco3)CC2)c(Cl)c1)C(=O)OC. The van der Waals surface area contributed by atoms with E-state index >= 15 is 0 Å². The minimum Gasteiger partial charge on any atom is -0.466 e. The summed E-state index contributed by atoms with van der Waals surface area (Å²) in [7, 11) is 2.42. The lowest BCUT2D eigenvalue weighted by Crippen LogP contribution is -2.48. The smallest absolute Gasteiger partial charge is 0.354 e. The number of rotatable bonds is 6. The number of amides is 1. The van der Waals surface area contributed by atoms with E-state index in [0.29, 0.717) is 42.6 Å². The van der Waals surface area contributed by atoms with E-state index in [1.165, 1.54) is 20.5 Å². The maximum atomic E-state index is 12.4. The molecule has 164 valence electrons. The van der Waals surface area contributed by atoms with Crippen LogP contribution < -0.4 is 10.2 Å². The number of hydrogen-bond acceptors (Lipinski definition) is 8. The highest BCUT2D eigenvalue weighted by molar-refractivity contribution is 6.33. The third kappa shape index (κ3) is 5.37. The summed E-state index contributed by atoms with van der Waals surface area (Å²) < 4.78 is 14.4. The monoisotopic (exact) mass is 447 g/mol. The predicted molar refractivity (Wildman–Crippen MR) is 114 cm³/mol. The second-order valence-electron chi connectivity index (χ2n) is 6.62. The van der Waals surface area contributed by atoms with Crippen LogP contribution in [-0.2, 0) is 19.1 Å². The summed E-state index contributed by atoms with van der Waals surface area (Å²) in [5, 5.41) is 3.28. The molecule has 1 fully saturated rings. The van der Waals surface area contributed by atoms with Crippen molar-refractivity contribution < 1.29 is 28.3 Å². The molecule has 1 aromatic carbocycles. The first-order chi connectivity index (χ1) is 14.9. The van der Waals surface area contributed by atoms with E-state index in [2.05, 4.69) is 19.7 Å². The third-order valence-electron chi connectivity index (χ3n) is 4.73. The van der Waals surface area contributed by atoms with Crippen LogP contribution in [0, 0.1) is 0 Å². The van der Waals surface area contributed by atoms with Crippen molar-refractivity contribution in [1.82, 2.24) is 4.90 Å². The molecule has 1 amide bonds. The lowest BCUT2D eigenvalue weighted by Gasteiger charge is -2.36. The van der Waals surface area contributed by atoms with E-state index in [1.54, 1.807) is 29.2 Å². The Bertz CT molecular complexity index is 981. The average molecular weight is 448 g/mol. The van der Waals surface area contributed by atoms with Crippen molar-refractivity contribution in [1.29, 1.82) is 0 Å². The summed E-state index contributed by atoms with van der Waals surface area (Å²) in [6.45, 7) is 2.28. The van der Waals surface area contributed by atoms with E-state index in [9.17, 15) is 14.4 Å². The number of halogens is 1. The van der Waals surface area contributed by atoms with Gasteiger partial charge in [0.25, 0.3) is 5.91 Å². The minimum atomic E-state index is -0.719. The molecule has 1 N–H and O–H groups in total. The van der Waals surface area contributed by atoms with Crippen molar-refractivity contribution in [3.63, 3.8) is 0 Å². The summed E-state index contributed by atoms with van der Waals surface area (Å²) >= 11 is 6.47. The van der Waals surface area contributed by atoms with E-state index < -0.39 is 11.9 Å². The van der Waals surface area contributed by atoms with Crippen molar-refractivity contribution in [3.05, 3.63) is 59.2 Å². The Hall–Kier alpha value is -3.46. The summed E-state index contributed by atoms with van der Waals surface area (Å²) in [5.74, 6) is -1.23. The Morgan fingerprint density at radius 2 is 1.84 bits per heavy atom. The molecule has 0 unspecified atom stereocenters. The minimum absolute atomic E-state index is 0.0804. The number of methoxy groups -OCH3 is 2. The van der Waals surface area contributed by atoms with E-state index in [4.69, 9.17) is 16.0 Å². The summed E-state index contributed by atoms with van der Waals surface area (Å²) in [4.78, 5) is 39.6. The Morgan fingerprint density at radius 1 is 1.10 bits per heavy atom. The molecule has 0 saturated carbocycles. The van der Waals surface area contributed by atoms with Gasteiger partial charge in [0.2, 0.25) is 0 Å². The van der Waals surface area contributed by atoms with Crippen LogP contribution in [0.1, 0.15) is 10.6 Å². The predicted octanol–water partition coefficient (Wildman–Crippen LogP) is 2.54. The fraction of sp³-hybridized carbons (Fsp3) is 0.286. The van der Waals surface area contributed by atoms with Gasteiger partial charge in [-0.2, -0.15) is 0 Å². The van der Waals surface area contributed by atoms with Crippen molar-refractivity contribution in [2.75, 3.05) is 50.6 Å². The van der Waals surface area contributed by atoms with Gasteiger partial charge in [-0.05, 0) is 30.3 Å². The topological polar surface area (TPSA) is 101 Å². The van der Waals surface area contributed by atoms with Crippen LogP contribution in [0.15, 0.2) is 52.8 Å². The van der Waals surface area contributed by atoms with Crippen LogP contribution in [0.3, 0.4) is 0 Å². The van der Waals surface area contributed by atoms with Crippen molar-refractivity contribution in [3.8, 4) is 0 Å². The van der Waals surface area contributed by atoms with Gasteiger partial charge in [-0.1, -0.05) is 11.6 Å². The fourth-order valence-electron chi connectivity index (χ4n) is 3.14. The standard InChI is InChI=1S/C21H22ClN3O6/c1-29-19(26)13-16(21(28)30-2)23-14-5-6-17(15(22)12-14)24-7-9-25(10-8-24)20(27)18-4-3-11-31-18/h3-6,11-13,23H,7-10H2,1-2H3/b16-13+. The number of anilines is 2. The Morgan fingerprint density at radius 3 is 2.42 bits per heavy atom. The van der Waals surface area contributed by atoms with Gasteiger partial charge in [-0.3, -0.25) is 4.79 Å². The zero-order valence-corrected chi connectivity index (χ0v) is 17.8. The molecular weight excluding hydrogens is 426 g/mol. The first kappa shape index (κ1) is 22.2. The number of furan rings is 1. The lowest BCUT2D eigenvalue weighted by atomic mass is 10.2. The maximum Gasteiger partial charge on any atom is 0.354 e. The number of esters is 2. The van der Waals surface area contributed by atoms with E-state index in [0.717, 1.165) is 11.8 Å². The van der Waals surface area contributed by atoms with Gasteiger partial charge in [0.05, 0.1) is 37.3 Å². The molecule has 0 radical (unpaired) electrons. The molecule has 1 saturated heterocycles. The molecule has 0 atom stereocenters. The van der Waals surface area contributed by atoms with Gasteiger partial charge in [0, 0.05) is 31.9 Å². The second kappa shape index (κ2) is 10.0. The molecular formula is C21H22ClN3O6. The van der Waals surface area contributed by atoms with E-state index in [1.807, 2.05) is 6.07 Å². The zero-order chi connectivity index (χ0) is 22.4. The number of hydrogen-bond donors (Lipinski definition) is 1. The molecule has 3 rings (SSSR count). The Kier molecular flexibility index (Phi) is 7.19. The van der Waals surface area contributed by atoms with Crippen molar-refractivity contribution in [2.24, 2.45) is 0 Å². The van der Waals surface area contributed by atoms with E-state index in [-0.39, 0.29) is 11.6 Å². The molecule has 10 heteroatoms. The summed E-state index contributed by atoms with van der Waals surface area (Å²) in [6.07, 6.45) is 2.48. The van der Waals surface area contributed by atoms with Crippen LogP contribution in [0.25, 0.3) is 0 Å². The molecule has 2 heterocycles. The number of benzene rings is 1. The summed E-state index contributed by atoms with van der Waals surface area (Å²) in [6, 6.07) is 8.52. The van der Waals surface area contributed by atoms with Gasteiger partial charge in [-0.15, -0.1) is 0 Å². The first-order valence-electron chi connectivity index (χ1n) is 9.45. The summed E-state index contributed by atoms with van der Waals surface area (Å²) in [5.41, 5.74) is 1.22. The highest BCUT2D eigenvalue weighted by atomic mass is 35.5. The molecule has 0 bridgehead atoms. The number of nitrogens with zero attached hydrogens (tertiary/aromatic N) is 2. The largest absolute Gasteiger partial charge is 0.466 e. The number of piperazine rings is 1. The Labute approximate surface area is 184 Å². The molecule has 1 aliphatic heterocycles. The number of carbonyl (C=O) groups is 3. The normalized spacial score (nSPS) is 14.2. The molecule has 0 aliphatic carbocycles. The maximum absolute atomic E-state index is 12.4. The van der Waals surface area contributed by atoms with Crippen molar-refractivity contribution in [2.45, 2.75) is 0 Å². The van der Waals surface area contributed by atoms with Crippen molar-refractivity contribution >= 4 is 40.8 Å². The van der Waals surface area contributed by atoms with Crippen LogP contribution in [0.4, 0.5) is 11.4 Å². The zero-order valence-electron chi connectivity index (χ0n) is 17.1. The fourth-order valence-corrected chi connectivity index (χ4v) is 3.44. The molecule has 2 aromatic rings. The molecule has 31 heavy (non-hydrogen) atoms. The van der Waals surface area contributed by atoms with Gasteiger partial charge >= 0.3 is 11.9 Å². The molecule has 0 spiro atoms. The lowest BCUT2D eigenvalue weighted by molar-refractivity contribution is -0.138. The average Bonchev–Trinajstić information content (AvgIpc) is 3.32. The van der Waals surface area contributed by atoms with Gasteiger partial charge < -0.3 is 29.0 Å². The molecule has 1 aliphatic rings. The van der Waals surface area contributed by atoms with Gasteiger partial charge in [0.1, 0.15) is 5.70 Å². The van der Waals surface area contributed by atoms with Crippen LogP contribution >= 0.6 is 11.6 Å². The Balaban J connectivity index is 1.67. The first-order valence-corrected chi connectivity index (χ1v) is 9.83. The van der Waals surface area contributed by atoms with Gasteiger partial charge in [0.15, 0.2) is 5.76 Å². The highest BCUT2D eigenvalue weighted by Gasteiger charge is 2.25. The second-order valence-corrected chi connectivity index (χ2v) is 7.03. The molecule has 1 aromatic heterocycles. The third-order valence-corrected chi connectivity index (χ3v) is 5.04. The van der Waals surface area contributed by atoms with Crippen LogP contribution in [0.2, 0.25) is 5.02 Å². The van der Waals surface area contributed by atoms with Crippen LogP contribution in [0.5, 0.6) is 0 Å². The van der Waals surface area contributed by atoms with Crippen LogP contribution in [-0.4, -0.2) is 63.1 Å². The van der Waals surface area contributed by atoms with Gasteiger partial charge in [-0.25, -0.2) is 9.59 Å². The molecule has 9 nitrogen and oxygen atoms in total. The quantitative estimate of drug-likeness (QED) is 0.532. The number of ether oxygens (including phenoxy) is 2. The number of nitrogens with one attached hydrogen (secondary N) is 1. The highest BCUT2D eigenvalue weighted by Crippen LogP contribution is 2.30.